The predicted octanol–water partition coefficient (Wildman–Crippen LogP) is 1.20. The molecule has 1 aromatic carbocycles. The second-order valence-electron chi connectivity index (χ2n) is 2.85. The van der Waals surface area contributed by atoms with Crippen LogP contribution in [0.15, 0.2) is 24.3 Å². The number of ether oxygens (including phenoxy) is 1. The van der Waals surface area contributed by atoms with Crippen molar-refractivity contribution in [1.82, 2.24) is 0 Å². The van der Waals surface area contributed by atoms with E-state index in [0.29, 0.717) is 6.10 Å². The summed E-state index contributed by atoms with van der Waals surface area (Å²) < 4.78 is 5.03. The predicted molar refractivity (Wildman–Crippen MR) is 46.3 cm³/mol. The summed E-state index contributed by atoms with van der Waals surface area (Å²) in [5, 5.41) is 12.4. The molecule has 2 N–H and O–H groups in total. The van der Waals surface area contributed by atoms with Crippen LogP contribution < -0.4 is 5.32 Å². The topological polar surface area (TPSA) is 44.8 Å². The number of hydrogen-bond acceptors (Lipinski definition) is 3. The van der Waals surface area contributed by atoms with Crippen LogP contribution in [-0.4, -0.2) is 24.4 Å². The third kappa shape index (κ3) is 1.68. The van der Waals surface area contributed by atoms with Crippen molar-refractivity contribution in [2.45, 2.75) is 6.10 Å². The Morgan fingerprint density at radius 3 is 2.92 bits per heavy atom. The van der Waals surface area contributed by atoms with Gasteiger partial charge in [-0.2, -0.15) is 0 Å². The van der Waals surface area contributed by atoms with Crippen LogP contribution in [0.25, 0.3) is 0 Å². The smallest absolute Gasteiger partial charge is 0.138 e. The Morgan fingerprint density at radius 2 is 2.25 bits per heavy atom. The number of phenols is 1. The molecule has 1 aliphatic rings. The molecule has 3 heteroatoms. The third-order valence-electron chi connectivity index (χ3n) is 1.83. The molecule has 2 rings (SSSR count). The first-order chi connectivity index (χ1) is 5.86. The SMILES string of the molecule is Oc1ccccc1NCC1CO1. The van der Waals surface area contributed by atoms with E-state index in [0.717, 1.165) is 18.8 Å². The van der Waals surface area contributed by atoms with Crippen LogP contribution in [0.2, 0.25) is 0 Å². The molecule has 1 aliphatic heterocycles. The van der Waals surface area contributed by atoms with E-state index in [9.17, 15) is 5.11 Å². The van der Waals surface area contributed by atoms with Crippen molar-refractivity contribution in [2.75, 3.05) is 18.5 Å². The number of aromatic hydroxyl groups is 1. The van der Waals surface area contributed by atoms with E-state index >= 15 is 0 Å². The molecule has 0 spiro atoms. The van der Waals surface area contributed by atoms with Crippen molar-refractivity contribution in [1.29, 1.82) is 0 Å². The zero-order valence-electron chi connectivity index (χ0n) is 6.66. The first kappa shape index (κ1) is 7.43. The fourth-order valence-electron chi connectivity index (χ4n) is 1.03. The Morgan fingerprint density at radius 1 is 1.50 bits per heavy atom. The molecule has 1 unspecified atom stereocenters. The Balaban J connectivity index is 1.96. The van der Waals surface area contributed by atoms with Gasteiger partial charge in [0.2, 0.25) is 0 Å². The molecule has 1 saturated heterocycles. The molecule has 0 aliphatic carbocycles. The molecule has 3 nitrogen and oxygen atoms in total. The maximum absolute atomic E-state index is 9.34. The zero-order valence-corrected chi connectivity index (χ0v) is 6.66. The summed E-state index contributed by atoms with van der Waals surface area (Å²) >= 11 is 0. The average molecular weight is 165 g/mol. The second-order valence-corrected chi connectivity index (χ2v) is 2.85. The number of phenolic OH excluding ortho intramolecular Hbond substituents is 1. The number of anilines is 1. The highest BCUT2D eigenvalue weighted by molar-refractivity contribution is 5.55. The van der Waals surface area contributed by atoms with E-state index in [-0.39, 0.29) is 5.75 Å². The van der Waals surface area contributed by atoms with Gasteiger partial charge in [-0.25, -0.2) is 0 Å². The summed E-state index contributed by atoms with van der Waals surface area (Å²) in [5.41, 5.74) is 0.771. The lowest BCUT2D eigenvalue weighted by Crippen LogP contribution is -2.07. The summed E-state index contributed by atoms with van der Waals surface area (Å²) in [6.07, 6.45) is 0.338. The van der Waals surface area contributed by atoms with Gasteiger partial charge in [-0.05, 0) is 12.1 Å². The van der Waals surface area contributed by atoms with Gasteiger partial charge in [0, 0.05) is 6.54 Å². The first-order valence-electron chi connectivity index (χ1n) is 4.00. The van der Waals surface area contributed by atoms with E-state index in [4.69, 9.17) is 4.74 Å². The molecule has 1 aromatic rings. The van der Waals surface area contributed by atoms with Crippen LogP contribution >= 0.6 is 0 Å². The van der Waals surface area contributed by atoms with E-state index in [1.54, 1.807) is 12.1 Å². The Hall–Kier alpha value is -1.22. The number of epoxide rings is 1. The van der Waals surface area contributed by atoms with Gasteiger partial charge in [-0.3, -0.25) is 0 Å². The highest BCUT2D eigenvalue weighted by Gasteiger charge is 2.21. The monoisotopic (exact) mass is 165 g/mol. The number of hydrogen-bond donors (Lipinski definition) is 2. The molecule has 1 fully saturated rings. The lowest BCUT2D eigenvalue weighted by molar-refractivity contribution is 0.416. The summed E-state index contributed by atoms with van der Waals surface area (Å²) in [5.74, 6) is 0.290. The molecule has 64 valence electrons. The van der Waals surface area contributed by atoms with Gasteiger partial charge >= 0.3 is 0 Å². The molecule has 0 aromatic heterocycles. The minimum Gasteiger partial charge on any atom is -0.506 e. The van der Waals surface area contributed by atoms with Gasteiger partial charge in [-0.1, -0.05) is 12.1 Å². The van der Waals surface area contributed by atoms with E-state index in [1.165, 1.54) is 0 Å². The molecule has 12 heavy (non-hydrogen) atoms. The highest BCUT2D eigenvalue weighted by atomic mass is 16.6. The molecule has 0 saturated carbocycles. The van der Waals surface area contributed by atoms with Gasteiger partial charge in [-0.15, -0.1) is 0 Å². The van der Waals surface area contributed by atoms with E-state index in [1.807, 2.05) is 12.1 Å². The van der Waals surface area contributed by atoms with Crippen molar-refractivity contribution in [3.8, 4) is 5.75 Å². The Labute approximate surface area is 71.0 Å². The van der Waals surface area contributed by atoms with Crippen LogP contribution in [0.1, 0.15) is 0 Å². The average Bonchev–Trinajstić information content (AvgIpc) is 2.86. The molecule has 1 heterocycles. The van der Waals surface area contributed by atoms with Crippen molar-refractivity contribution in [3.63, 3.8) is 0 Å². The number of benzene rings is 1. The van der Waals surface area contributed by atoms with Crippen LogP contribution in [0.4, 0.5) is 5.69 Å². The van der Waals surface area contributed by atoms with Gasteiger partial charge in [0.15, 0.2) is 0 Å². The minimum absolute atomic E-state index is 0.290. The molecule has 0 bridgehead atoms. The zero-order chi connectivity index (χ0) is 8.39. The van der Waals surface area contributed by atoms with Gasteiger partial charge < -0.3 is 15.2 Å². The lowest BCUT2D eigenvalue weighted by atomic mass is 10.3. The minimum atomic E-state index is 0.290. The molecule has 0 radical (unpaired) electrons. The first-order valence-corrected chi connectivity index (χ1v) is 4.00. The normalized spacial score (nSPS) is 20.5. The van der Waals surface area contributed by atoms with Crippen LogP contribution in [0, 0.1) is 0 Å². The van der Waals surface area contributed by atoms with Crippen molar-refractivity contribution in [2.24, 2.45) is 0 Å². The van der Waals surface area contributed by atoms with Gasteiger partial charge in [0.25, 0.3) is 0 Å². The van der Waals surface area contributed by atoms with Crippen LogP contribution in [0.3, 0.4) is 0 Å². The maximum atomic E-state index is 9.34. The number of nitrogens with one attached hydrogen (secondary N) is 1. The fourth-order valence-corrected chi connectivity index (χ4v) is 1.03. The Kier molecular flexibility index (Phi) is 1.87. The second kappa shape index (κ2) is 3.03. The van der Waals surface area contributed by atoms with Crippen molar-refractivity contribution < 1.29 is 9.84 Å². The molecular weight excluding hydrogens is 154 g/mol. The van der Waals surface area contributed by atoms with Crippen LogP contribution in [-0.2, 0) is 4.74 Å². The molecule has 1 atom stereocenters. The van der Waals surface area contributed by atoms with E-state index in [2.05, 4.69) is 5.32 Å². The molecular formula is C9H11NO2. The summed E-state index contributed by atoms with van der Waals surface area (Å²) in [4.78, 5) is 0. The standard InChI is InChI=1S/C9H11NO2/c11-9-4-2-1-3-8(9)10-5-7-6-12-7/h1-4,7,10-11H,5-6H2. The summed E-state index contributed by atoms with van der Waals surface area (Å²) in [6.45, 7) is 1.61. The lowest BCUT2D eigenvalue weighted by Gasteiger charge is -2.05. The highest BCUT2D eigenvalue weighted by Crippen LogP contribution is 2.22. The van der Waals surface area contributed by atoms with E-state index < -0.39 is 0 Å². The fraction of sp³-hybridized carbons (Fsp3) is 0.333. The van der Waals surface area contributed by atoms with Crippen LogP contribution in [0.5, 0.6) is 5.75 Å². The summed E-state index contributed by atoms with van der Waals surface area (Å²) in [7, 11) is 0. The molecule has 0 amide bonds. The van der Waals surface area contributed by atoms with Gasteiger partial charge in [0.1, 0.15) is 5.75 Å². The number of para-hydroxylation sites is 2. The third-order valence-corrected chi connectivity index (χ3v) is 1.83. The van der Waals surface area contributed by atoms with Crippen molar-refractivity contribution in [3.05, 3.63) is 24.3 Å². The number of rotatable bonds is 3. The Bertz CT molecular complexity index is 271. The maximum Gasteiger partial charge on any atom is 0.138 e. The summed E-state index contributed by atoms with van der Waals surface area (Å²) in [6, 6.07) is 7.19. The largest absolute Gasteiger partial charge is 0.506 e. The van der Waals surface area contributed by atoms with Crippen molar-refractivity contribution >= 4 is 5.69 Å². The van der Waals surface area contributed by atoms with Gasteiger partial charge in [0.05, 0.1) is 18.4 Å². The quantitative estimate of drug-likeness (QED) is 0.522.